The van der Waals surface area contributed by atoms with E-state index in [1.54, 1.807) is 6.08 Å². The lowest BCUT2D eigenvalue weighted by molar-refractivity contribution is -0.227. The summed E-state index contributed by atoms with van der Waals surface area (Å²) in [6.07, 6.45) is 5.10. The van der Waals surface area contributed by atoms with Gasteiger partial charge < -0.3 is 28.8 Å². The second-order valence-corrected chi connectivity index (χ2v) is 8.16. The minimum absolute atomic E-state index is 0.232. The summed E-state index contributed by atoms with van der Waals surface area (Å²) in [6, 6.07) is 0. The molecule has 4 rings (SSSR count). The van der Waals surface area contributed by atoms with Crippen molar-refractivity contribution >= 4 is 0 Å². The normalized spacial score (nSPS) is 45.4. The van der Waals surface area contributed by atoms with Gasteiger partial charge in [0.1, 0.15) is 30.5 Å². The Labute approximate surface area is 149 Å². The van der Waals surface area contributed by atoms with Crippen LogP contribution in [0.5, 0.6) is 0 Å². The Balaban J connectivity index is 1.58. The summed E-state index contributed by atoms with van der Waals surface area (Å²) in [7, 11) is 0. The van der Waals surface area contributed by atoms with Crippen molar-refractivity contribution in [1.82, 2.24) is 0 Å². The Bertz CT molecular complexity index is 500. The quantitative estimate of drug-likeness (QED) is 0.785. The monoisotopic (exact) mass is 354 g/mol. The first-order valence-electron chi connectivity index (χ1n) is 9.55. The molecule has 0 aromatic carbocycles. The van der Waals surface area contributed by atoms with E-state index in [4.69, 9.17) is 23.7 Å². The molecule has 1 spiro atoms. The van der Waals surface area contributed by atoms with Crippen LogP contribution >= 0.6 is 0 Å². The third-order valence-corrected chi connectivity index (χ3v) is 5.81. The van der Waals surface area contributed by atoms with Crippen LogP contribution in [0.2, 0.25) is 0 Å². The molecular weight excluding hydrogens is 324 g/mol. The summed E-state index contributed by atoms with van der Waals surface area (Å²) >= 11 is 0. The first kappa shape index (κ1) is 17.9. The molecule has 25 heavy (non-hydrogen) atoms. The van der Waals surface area contributed by atoms with E-state index in [2.05, 4.69) is 6.58 Å². The van der Waals surface area contributed by atoms with Crippen LogP contribution in [-0.2, 0) is 23.7 Å². The van der Waals surface area contributed by atoms with Gasteiger partial charge in [-0.15, -0.1) is 6.58 Å². The molecule has 6 nitrogen and oxygen atoms in total. The van der Waals surface area contributed by atoms with E-state index in [-0.39, 0.29) is 24.4 Å². The molecule has 3 saturated heterocycles. The maximum absolute atomic E-state index is 10.8. The second kappa shape index (κ2) is 6.59. The van der Waals surface area contributed by atoms with Gasteiger partial charge in [0.05, 0.1) is 12.7 Å². The van der Waals surface area contributed by atoms with Crippen LogP contribution < -0.4 is 0 Å². The Kier molecular flexibility index (Phi) is 4.71. The lowest BCUT2D eigenvalue weighted by Gasteiger charge is -2.41. The number of hydrogen-bond acceptors (Lipinski definition) is 6. The van der Waals surface area contributed by atoms with E-state index < -0.39 is 23.8 Å². The van der Waals surface area contributed by atoms with Gasteiger partial charge >= 0.3 is 0 Å². The molecule has 142 valence electrons. The predicted octanol–water partition coefficient (Wildman–Crippen LogP) is 2.29. The Morgan fingerprint density at radius 2 is 1.76 bits per heavy atom. The number of hydrogen-bond donors (Lipinski definition) is 1. The molecule has 0 bridgehead atoms. The van der Waals surface area contributed by atoms with E-state index in [9.17, 15) is 5.11 Å². The SMILES string of the molecule is C=CC[C@@H]1O[C@@H]([C@H]2COC(C)(C)O2)[C@H]2OC3(CCCCC3)O[C@H]2[C@H]1O. The van der Waals surface area contributed by atoms with Gasteiger partial charge in [-0.3, -0.25) is 0 Å². The molecule has 1 saturated carbocycles. The lowest BCUT2D eigenvalue weighted by Crippen LogP contribution is -2.59. The zero-order valence-corrected chi connectivity index (χ0v) is 15.2. The highest BCUT2D eigenvalue weighted by molar-refractivity contribution is 5.04. The minimum Gasteiger partial charge on any atom is -0.388 e. The topological polar surface area (TPSA) is 66.4 Å². The lowest BCUT2D eigenvalue weighted by atomic mass is 9.91. The number of rotatable bonds is 3. The first-order valence-corrected chi connectivity index (χ1v) is 9.55. The van der Waals surface area contributed by atoms with Gasteiger partial charge in [-0.25, -0.2) is 0 Å². The molecule has 1 aliphatic carbocycles. The van der Waals surface area contributed by atoms with Crippen LogP contribution in [0.25, 0.3) is 0 Å². The third kappa shape index (κ3) is 3.29. The molecule has 0 aromatic rings. The highest BCUT2D eigenvalue weighted by atomic mass is 16.8. The van der Waals surface area contributed by atoms with Crippen LogP contribution in [0.15, 0.2) is 12.7 Å². The van der Waals surface area contributed by atoms with E-state index in [1.165, 1.54) is 6.42 Å². The molecule has 0 radical (unpaired) electrons. The maximum Gasteiger partial charge on any atom is 0.169 e. The summed E-state index contributed by atoms with van der Waals surface area (Å²) < 4.78 is 30.8. The minimum atomic E-state index is -0.726. The molecule has 3 heterocycles. The van der Waals surface area contributed by atoms with Crippen LogP contribution in [-0.4, -0.2) is 59.9 Å². The van der Waals surface area contributed by atoms with Gasteiger partial charge in [0.25, 0.3) is 0 Å². The maximum atomic E-state index is 10.8. The Morgan fingerprint density at radius 1 is 1.04 bits per heavy atom. The van der Waals surface area contributed by atoms with E-state index in [1.807, 2.05) is 13.8 Å². The van der Waals surface area contributed by atoms with Gasteiger partial charge in [-0.1, -0.05) is 12.5 Å². The zero-order valence-electron chi connectivity index (χ0n) is 15.2. The van der Waals surface area contributed by atoms with Crippen molar-refractivity contribution in [3.63, 3.8) is 0 Å². The van der Waals surface area contributed by atoms with Crippen molar-refractivity contribution in [2.75, 3.05) is 6.61 Å². The van der Waals surface area contributed by atoms with Crippen molar-refractivity contribution in [2.24, 2.45) is 0 Å². The second-order valence-electron chi connectivity index (χ2n) is 8.16. The molecule has 6 atom stereocenters. The van der Waals surface area contributed by atoms with Crippen LogP contribution in [0.4, 0.5) is 0 Å². The highest BCUT2D eigenvalue weighted by Crippen LogP contribution is 2.46. The van der Waals surface area contributed by atoms with Crippen molar-refractivity contribution in [1.29, 1.82) is 0 Å². The summed E-state index contributed by atoms with van der Waals surface area (Å²) in [6.45, 7) is 8.04. The van der Waals surface area contributed by atoms with Crippen molar-refractivity contribution in [3.8, 4) is 0 Å². The zero-order chi connectivity index (χ0) is 17.7. The van der Waals surface area contributed by atoms with Crippen LogP contribution in [0, 0.1) is 0 Å². The van der Waals surface area contributed by atoms with Gasteiger partial charge in [0.15, 0.2) is 11.6 Å². The van der Waals surface area contributed by atoms with E-state index >= 15 is 0 Å². The first-order chi connectivity index (χ1) is 11.9. The summed E-state index contributed by atoms with van der Waals surface area (Å²) in [5.74, 6) is -1.20. The molecule has 1 N–H and O–H groups in total. The molecular formula is C19H30O6. The average Bonchev–Trinajstić information content (AvgIpc) is 3.12. The molecule has 4 fully saturated rings. The Hall–Kier alpha value is -0.500. The molecule has 3 aliphatic heterocycles. The molecule has 0 unspecified atom stereocenters. The van der Waals surface area contributed by atoms with Crippen molar-refractivity contribution < 1.29 is 28.8 Å². The predicted molar refractivity (Wildman–Crippen MR) is 89.9 cm³/mol. The summed E-state index contributed by atoms with van der Waals surface area (Å²) in [5, 5.41) is 10.8. The highest BCUT2D eigenvalue weighted by Gasteiger charge is 2.60. The Morgan fingerprint density at radius 3 is 2.40 bits per heavy atom. The molecule has 4 aliphatic rings. The summed E-state index contributed by atoms with van der Waals surface area (Å²) in [5.41, 5.74) is 0. The smallest absolute Gasteiger partial charge is 0.169 e. The third-order valence-electron chi connectivity index (χ3n) is 5.81. The summed E-state index contributed by atoms with van der Waals surface area (Å²) in [4.78, 5) is 0. The fraction of sp³-hybridized carbons (Fsp3) is 0.895. The van der Waals surface area contributed by atoms with Gasteiger partial charge in [-0.05, 0) is 33.1 Å². The van der Waals surface area contributed by atoms with E-state index in [0.717, 1.165) is 25.7 Å². The van der Waals surface area contributed by atoms with Gasteiger partial charge in [-0.2, -0.15) is 0 Å². The van der Waals surface area contributed by atoms with Crippen molar-refractivity contribution in [2.45, 2.75) is 101 Å². The standard InChI is InChI=1S/C19H30O6/c1-4-8-12-14(20)16-17(25-19(24-16)9-6-5-7-10-19)15(22-12)13-11-21-18(2,3)23-13/h4,12-17,20H,1,5-11H2,2-3H3/t12-,13+,14-,15-,16-,17+/m0/s1. The molecule has 6 heteroatoms. The molecule has 0 aromatic heterocycles. The number of ether oxygens (including phenoxy) is 5. The number of fused-ring (bicyclic) bond motifs is 1. The van der Waals surface area contributed by atoms with E-state index in [0.29, 0.717) is 13.0 Å². The molecule has 0 amide bonds. The van der Waals surface area contributed by atoms with Crippen LogP contribution in [0.3, 0.4) is 0 Å². The average molecular weight is 354 g/mol. The largest absolute Gasteiger partial charge is 0.388 e. The van der Waals surface area contributed by atoms with Crippen molar-refractivity contribution in [3.05, 3.63) is 12.7 Å². The fourth-order valence-electron chi connectivity index (χ4n) is 4.61. The van der Waals surface area contributed by atoms with Gasteiger partial charge in [0, 0.05) is 12.8 Å². The fourth-order valence-corrected chi connectivity index (χ4v) is 4.61. The number of aliphatic hydroxyl groups is 1. The van der Waals surface area contributed by atoms with Crippen LogP contribution in [0.1, 0.15) is 52.4 Å². The number of aliphatic hydroxyl groups excluding tert-OH is 1. The van der Waals surface area contributed by atoms with Gasteiger partial charge in [0.2, 0.25) is 0 Å².